The van der Waals surface area contributed by atoms with Crippen molar-refractivity contribution in [2.45, 2.75) is 18.2 Å². The van der Waals surface area contributed by atoms with Gasteiger partial charge in [-0.15, -0.1) is 10.2 Å². The Bertz CT molecular complexity index is 920. The Hall–Kier alpha value is -2.12. The van der Waals surface area contributed by atoms with Gasteiger partial charge in [0.05, 0.1) is 0 Å². The van der Waals surface area contributed by atoms with Gasteiger partial charge >= 0.3 is 0 Å². The van der Waals surface area contributed by atoms with Crippen LogP contribution in [0.4, 0.5) is 5.69 Å². The number of hydrogen-bond acceptors (Lipinski definition) is 4. The van der Waals surface area contributed by atoms with E-state index in [2.05, 4.69) is 14.9 Å². The molecule has 0 saturated carbocycles. The Labute approximate surface area is 132 Å². The maximum absolute atomic E-state index is 12.6. The third kappa shape index (κ3) is 2.65. The number of benzene rings is 1. The first-order valence-corrected chi connectivity index (χ1v) is 8.48. The molecule has 0 atom stereocenters. The van der Waals surface area contributed by atoms with E-state index in [1.54, 1.807) is 40.9 Å². The van der Waals surface area contributed by atoms with Crippen LogP contribution in [0.5, 0.6) is 0 Å². The van der Waals surface area contributed by atoms with Gasteiger partial charge < -0.3 is 0 Å². The third-order valence-corrected chi connectivity index (χ3v) is 4.83. The average Bonchev–Trinajstić information content (AvgIpc) is 2.92. The molecule has 0 amide bonds. The van der Waals surface area contributed by atoms with E-state index in [-0.39, 0.29) is 4.90 Å². The number of nitrogens with zero attached hydrogens (tertiary/aromatic N) is 3. The first kappa shape index (κ1) is 14.8. The zero-order valence-electron chi connectivity index (χ0n) is 11.7. The number of aromatic nitrogens is 3. The van der Waals surface area contributed by atoms with Crippen LogP contribution in [-0.4, -0.2) is 23.0 Å². The van der Waals surface area contributed by atoms with E-state index in [0.29, 0.717) is 28.6 Å². The number of rotatable bonds is 4. The van der Waals surface area contributed by atoms with E-state index in [0.717, 1.165) is 0 Å². The highest BCUT2D eigenvalue weighted by Gasteiger charge is 2.20. The maximum Gasteiger partial charge on any atom is 0.265 e. The van der Waals surface area contributed by atoms with Crippen LogP contribution in [0, 0.1) is 0 Å². The van der Waals surface area contributed by atoms with Crippen LogP contribution in [0.2, 0.25) is 5.02 Å². The lowest BCUT2D eigenvalue weighted by atomic mass is 10.3. The average molecular weight is 337 g/mol. The van der Waals surface area contributed by atoms with Crippen molar-refractivity contribution in [1.29, 1.82) is 0 Å². The summed E-state index contributed by atoms with van der Waals surface area (Å²) in [6.07, 6.45) is 2.41. The smallest absolute Gasteiger partial charge is 0.265 e. The number of halogens is 1. The Balaban J connectivity index is 2.05. The third-order valence-electron chi connectivity index (χ3n) is 3.17. The molecule has 0 spiro atoms. The van der Waals surface area contributed by atoms with Gasteiger partial charge in [0.25, 0.3) is 10.0 Å². The van der Waals surface area contributed by atoms with Crippen LogP contribution in [0.1, 0.15) is 12.7 Å². The van der Waals surface area contributed by atoms with E-state index in [9.17, 15) is 8.42 Å². The van der Waals surface area contributed by atoms with Gasteiger partial charge in [-0.1, -0.05) is 18.5 Å². The van der Waals surface area contributed by atoms with Gasteiger partial charge in [0, 0.05) is 23.3 Å². The lowest BCUT2D eigenvalue weighted by molar-refractivity contribution is 0.601. The van der Waals surface area contributed by atoms with E-state index in [4.69, 9.17) is 11.6 Å². The lowest BCUT2D eigenvalue weighted by Gasteiger charge is -2.09. The Morgan fingerprint density at radius 3 is 2.59 bits per heavy atom. The highest BCUT2D eigenvalue weighted by molar-refractivity contribution is 7.93. The standard InChI is InChI=1S/C14H13ClN4O2S/c1-2-13-16-17-14-12(4-3-9-19(13)14)22(20,21)18-11-7-5-10(15)6-8-11/h3-9,18H,2H2,1H3. The van der Waals surface area contributed by atoms with Gasteiger partial charge in [-0.3, -0.25) is 9.12 Å². The maximum atomic E-state index is 12.6. The molecule has 0 aliphatic heterocycles. The Morgan fingerprint density at radius 1 is 1.18 bits per heavy atom. The van der Waals surface area contributed by atoms with Crippen LogP contribution in [0.25, 0.3) is 5.65 Å². The normalized spacial score (nSPS) is 11.7. The molecule has 0 saturated heterocycles. The lowest BCUT2D eigenvalue weighted by Crippen LogP contribution is -2.14. The van der Waals surface area contributed by atoms with E-state index >= 15 is 0 Å². The molecule has 0 unspecified atom stereocenters. The molecular weight excluding hydrogens is 324 g/mol. The summed E-state index contributed by atoms with van der Waals surface area (Å²) in [6.45, 7) is 1.93. The molecule has 0 aliphatic carbocycles. The van der Waals surface area contributed by atoms with Gasteiger partial charge in [-0.2, -0.15) is 0 Å². The zero-order valence-corrected chi connectivity index (χ0v) is 13.3. The number of anilines is 1. The molecule has 2 aromatic heterocycles. The molecule has 6 nitrogen and oxygen atoms in total. The topological polar surface area (TPSA) is 76.4 Å². The van der Waals surface area contributed by atoms with E-state index < -0.39 is 10.0 Å². The van der Waals surface area contributed by atoms with E-state index in [1.807, 2.05) is 6.92 Å². The Morgan fingerprint density at radius 2 is 1.91 bits per heavy atom. The van der Waals surface area contributed by atoms with Gasteiger partial charge in [0.2, 0.25) is 0 Å². The van der Waals surface area contributed by atoms with Crippen molar-refractivity contribution in [3.05, 3.63) is 53.4 Å². The summed E-state index contributed by atoms with van der Waals surface area (Å²) in [5, 5.41) is 8.53. The fourth-order valence-corrected chi connectivity index (χ4v) is 3.44. The first-order valence-electron chi connectivity index (χ1n) is 6.62. The number of fused-ring (bicyclic) bond motifs is 1. The van der Waals surface area contributed by atoms with Crippen molar-refractivity contribution in [2.24, 2.45) is 0 Å². The van der Waals surface area contributed by atoms with Crippen LogP contribution < -0.4 is 4.72 Å². The molecule has 22 heavy (non-hydrogen) atoms. The summed E-state index contributed by atoms with van der Waals surface area (Å²) in [5.74, 6) is 0.707. The van der Waals surface area contributed by atoms with Gasteiger partial charge in [-0.05, 0) is 36.4 Å². The molecule has 114 valence electrons. The summed E-state index contributed by atoms with van der Waals surface area (Å²) in [5.41, 5.74) is 0.738. The van der Waals surface area contributed by atoms with Gasteiger partial charge in [-0.25, -0.2) is 8.42 Å². The van der Waals surface area contributed by atoms with Crippen molar-refractivity contribution in [3.63, 3.8) is 0 Å². The number of nitrogens with one attached hydrogen (secondary N) is 1. The summed E-state index contributed by atoms with van der Waals surface area (Å²) in [7, 11) is -3.76. The minimum absolute atomic E-state index is 0.0807. The molecule has 1 N–H and O–H groups in total. The second-order valence-corrected chi connectivity index (χ2v) is 6.74. The number of aryl methyl sites for hydroxylation is 1. The van der Waals surface area contributed by atoms with Gasteiger partial charge in [0.1, 0.15) is 10.7 Å². The van der Waals surface area contributed by atoms with Crippen LogP contribution in [-0.2, 0) is 16.4 Å². The first-order chi connectivity index (χ1) is 10.5. The molecule has 0 fully saturated rings. The molecule has 2 heterocycles. The molecule has 3 rings (SSSR count). The van der Waals surface area contributed by atoms with Crippen molar-refractivity contribution < 1.29 is 8.42 Å². The largest absolute Gasteiger partial charge is 0.285 e. The fourth-order valence-electron chi connectivity index (χ4n) is 2.12. The Kier molecular flexibility index (Phi) is 3.76. The number of sulfonamides is 1. The molecule has 0 radical (unpaired) electrons. The quantitative estimate of drug-likeness (QED) is 0.794. The second-order valence-electron chi connectivity index (χ2n) is 4.65. The van der Waals surface area contributed by atoms with Crippen LogP contribution >= 0.6 is 11.6 Å². The zero-order chi connectivity index (χ0) is 15.7. The predicted molar refractivity (Wildman–Crippen MR) is 84.6 cm³/mol. The number of pyridine rings is 1. The minimum Gasteiger partial charge on any atom is -0.285 e. The second kappa shape index (κ2) is 5.58. The molecule has 0 bridgehead atoms. The monoisotopic (exact) mass is 336 g/mol. The van der Waals surface area contributed by atoms with Crippen molar-refractivity contribution in [1.82, 2.24) is 14.6 Å². The van der Waals surface area contributed by atoms with E-state index in [1.165, 1.54) is 6.07 Å². The molecule has 8 heteroatoms. The highest BCUT2D eigenvalue weighted by atomic mass is 35.5. The predicted octanol–water partition coefficient (Wildman–Crippen LogP) is 2.75. The van der Waals surface area contributed by atoms with Gasteiger partial charge in [0.15, 0.2) is 5.65 Å². The molecule has 1 aromatic carbocycles. The minimum atomic E-state index is -3.76. The number of hydrogen-bond donors (Lipinski definition) is 1. The fraction of sp³-hybridized carbons (Fsp3) is 0.143. The van der Waals surface area contributed by atoms with Crippen LogP contribution in [0.15, 0.2) is 47.5 Å². The summed E-state index contributed by atoms with van der Waals surface area (Å²) in [6, 6.07) is 9.59. The summed E-state index contributed by atoms with van der Waals surface area (Å²) >= 11 is 5.80. The highest BCUT2D eigenvalue weighted by Crippen LogP contribution is 2.21. The molecular formula is C14H13ClN4O2S. The molecule has 0 aliphatic rings. The summed E-state index contributed by atoms with van der Waals surface area (Å²) < 4.78 is 29.3. The SMILES string of the molecule is CCc1nnc2c(S(=O)(=O)Nc3ccc(Cl)cc3)cccn12. The molecule has 3 aromatic rings. The summed E-state index contributed by atoms with van der Waals surface area (Å²) in [4.78, 5) is 0.0807. The van der Waals surface area contributed by atoms with Crippen molar-refractivity contribution >= 4 is 33.0 Å². The van der Waals surface area contributed by atoms with Crippen molar-refractivity contribution in [3.8, 4) is 0 Å². The van der Waals surface area contributed by atoms with Crippen molar-refractivity contribution in [2.75, 3.05) is 4.72 Å². The van der Waals surface area contributed by atoms with Crippen LogP contribution in [0.3, 0.4) is 0 Å².